The largest absolute Gasteiger partial charge is 0.339 e. The second kappa shape index (κ2) is 6.60. The maximum Gasteiger partial charge on any atom is 0.231 e. The summed E-state index contributed by atoms with van der Waals surface area (Å²) in [6.07, 6.45) is 7.17. The van der Waals surface area contributed by atoms with Gasteiger partial charge in [-0.3, -0.25) is 0 Å². The fraction of sp³-hybridized carbons (Fsp3) is 0.688. The Morgan fingerprint density at radius 2 is 2.27 bits per heavy atom. The van der Waals surface area contributed by atoms with E-state index >= 15 is 0 Å². The fourth-order valence-corrected chi connectivity index (χ4v) is 3.00. The summed E-state index contributed by atoms with van der Waals surface area (Å²) in [6.45, 7) is 7.37. The Morgan fingerprint density at radius 3 is 2.95 bits per heavy atom. The Morgan fingerprint density at radius 1 is 1.41 bits per heavy atom. The zero-order valence-electron chi connectivity index (χ0n) is 13.7. The van der Waals surface area contributed by atoms with Crippen LogP contribution in [0.5, 0.6) is 0 Å². The highest BCUT2D eigenvalue weighted by atomic mass is 16.5. The summed E-state index contributed by atoms with van der Waals surface area (Å²) in [5.41, 5.74) is 0. The van der Waals surface area contributed by atoms with Gasteiger partial charge in [-0.25, -0.2) is 4.98 Å². The van der Waals surface area contributed by atoms with E-state index in [0.717, 1.165) is 50.0 Å². The number of hydrogen-bond donors (Lipinski definition) is 0. The van der Waals surface area contributed by atoms with Crippen LogP contribution in [0.3, 0.4) is 0 Å². The van der Waals surface area contributed by atoms with E-state index in [2.05, 4.69) is 38.4 Å². The Kier molecular flexibility index (Phi) is 4.57. The third kappa shape index (κ3) is 3.38. The number of hydrogen-bond acceptors (Lipinski definition) is 5. The van der Waals surface area contributed by atoms with Crippen molar-refractivity contribution in [3.63, 3.8) is 0 Å². The minimum atomic E-state index is 0.320. The minimum absolute atomic E-state index is 0.320. The lowest BCUT2D eigenvalue weighted by Crippen LogP contribution is -2.36. The molecule has 0 radical (unpaired) electrons. The van der Waals surface area contributed by atoms with Gasteiger partial charge in [-0.15, -0.1) is 0 Å². The van der Waals surface area contributed by atoms with Crippen LogP contribution in [0.2, 0.25) is 0 Å². The molecular weight excluding hydrogens is 278 g/mol. The summed E-state index contributed by atoms with van der Waals surface area (Å²) in [7, 11) is 2.05. The number of rotatable bonds is 5. The van der Waals surface area contributed by atoms with Crippen molar-refractivity contribution < 1.29 is 4.52 Å². The minimum Gasteiger partial charge on any atom is -0.339 e. The first kappa shape index (κ1) is 15.2. The van der Waals surface area contributed by atoms with Crippen molar-refractivity contribution in [1.82, 2.24) is 24.6 Å². The first-order valence-corrected chi connectivity index (χ1v) is 8.15. The molecule has 1 aliphatic heterocycles. The van der Waals surface area contributed by atoms with Crippen LogP contribution in [-0.2, 0) is 13.5 Å². The molecule has 6 heteroatoms. The van der Waals surface area contributed by atoms with Gasteiger partial charge in [-0.05, 0) is 19.4 Å². The number of likely N-dealkylation sites (tertiary alicyclic amines) is 1. The van der Waals surface area contributed by atoms with Crippen LogP contribution >= 0.6 is 0 Å². The van der Waals surface area contributed by atoms with Crippen molar-refractivity contribution in [2.45, 2.75) is 44.9 Å². The molecule has 1 fully saturated rings. The number of piperidine rings is 1. The predicted molar refractivity (Wildman–Crippen MR) is 83.7 cm³/mol. The lowest BCUT2D eigenvalue weighted by Gasteiger charge is -2.30. The summed E-state index contributed by atoms with van der Waals surface area (Å²) >= 11 is 0. The van der Waals surface area contributed by atoms with Crippen LogP contribution in [0.25, 0.3) is 0 Å². The maximum absolute atomic E-state index is 5.48. The van der Waals surface area contributed by atoms with E-state index in [1.807, 2.05) is 19.4 Å². The molecule has 0 bridgehead atoms. The lowest BCUT2D eigenvalue weighted by atomic mass is 9.98. The van der Waals surface area contributed by atoms with Crippen LogP contribution in [0.4, 0.5) is 0 Å². The van der Waals surface area contributed by atoms with Crippen molar-refractivity contribution in [2.24, 2.45) is 7.05 Å². The highest BCUT2D eigenvalue weighted by Gasteiger charge is 2.26. The number of aryl methyl sites for hydroxylation is 1. The van der Waals surface area contributed by atoms with Crippen molar-refractivity contribution in [3.05, 3.63) is 29.9 Å². The highest BCUT2D eigenvalue weighted by molar-refractivity contribution is 5.00. The fourth-order valence-electron chi connectivity index (χ4n) is 3.00. The van der Waals surface area contributed by atoms with Gasteiger partial charge in [-0.1, -0.05) is 19.0 Å². The molecule has 6 nitrogen and oxygen atoms in total. The van der Waals surface area contributed by atoms with Crippen molar-refractivity contribution in [2.75, 3.05) is 19.6 Å². The zero-order chi connectivity index (χ0) is 15.5. The number of aromatic nitrogens is 4. The van der Waals surface area contributed by atoms with Crippen LogP contribution in [0.1, 0.15) is 56.1 Å². The van der Waals surface area contributed by atoms with Crippen molar-refractivity contribution >= 4 is 0 Å². The van der Waals surface area contributed by atoms with Gasteiger partial charge >= 0.3 is 0 Å². The standard InChI is InChI=1S/C16H25N5O/c1-12(2)15-18-16(22-19-15)13-5-4-8-21(11-13)9-6-14-17-7-10-20(14)3/h7,10,12-13H,4-6,8-9,11H2,1-3H3. The van der Waals surface area contributed by atoms with Gasteiger partial charge < -0.3 is 14.0 Å². The SMILES string of the molecule is CC(C)c1noc(C2CCCN(CCc3nccn3C)C2)n1. The molecule has 0 amide bonds. The molecule has 0 aromatic carbocycles. The van der Waals surface area contributed by atoms with Gasteiger partial charge in [-0.2, -0.15) is 4.98 Å². The predicted octanol–water partition coefficient (Wildman–Crippen LogP) is 2.35. The summed E-state index contributed by atoms with van der Waals surface area (Å²) < 4.78 is 7.57. The van der Waals surface area contributed by atoms with Gasteiger partial charge in [0.2, 0.25) is 5.89 Å². The van der Waals surface area contributed by atoms with Crippen LogP contribution < -0.4 is 0 Å². The van der Waals surface area contributed by atoms with E-state index in [1.165, 1.54) is 6.42 Å². The molecule has 1 saturated heterocycles. The monoisotopic (exact) mass is 303 g/mol. The van der Waals surface area contributed by atoms with Crippen molar-refractivity contribution in [3.8, 4) is 0 Å². The molecule has 2 aromatic rings. The molecule has 2 aromatic heterocycles. The maximum atomic E-state index is 5.48. The summed E-state index contributed by atoms with van der Waals surface area (Å²) in [4.78, 5) is 11.5. The Balaban J connectivity index is 1.57. The van der Waals surface area contributed by atoms with E-state index in [4.69, 9.17) is 4.52 Å². The van der Waals surface area contributed by atoms with Crippen molar-refractivity contribution in [1.29, 1.82) is 0 Å². The van der Waals surface area contributed by atoms with Gasteiger partial charge in [0, 0.05) is 44.9 Å². The third-order valence-corrected chi connectivity index (χ3v) is 4.40. The molecule has 0 saturated carbocycles. The molecule has 0 N–H and O–H groups in total. The molecule has 3 heterocycles. The van der Waals surface area contributed by atoms with E-state index < -0.39 is 0 Å². The molecular formula is C16H25N5O. The Labute approximate surface area is 131 Å². The molecule has 1 atom stereocenters. The van der Waals surface area contributed by atoms with Crippen LogP contribution in [0, 0.1) is 0 Å². The molecule has 0 spiro atoms. The smallest absolute Gasteiger partial charge is 0.231 e. The topological polar surface area (TPSA) is 60.0 Å². The van der Waals surface area contributed by atoms with Gasteiger partial charge in [0.25, 0.3) is 0 Å². The normalized spacial score (nSPS) is 19.9. The summed E-state index contributed by atoms with van der Waals surface area (Å²) in [6, 6.07) is 0. The van der Waals surface area contributed by atoms with Gasteiger partial charge in [0.15, 0.2) is 5.82 Å². The number of nitrogens with zero attached hydrogens (tertiary/aromatic N) is 5. The lowest BCUT2D eigenvalue weighted by molar-refractivity contribution is 0.187. The van der Waals surface area contributed by atoms with E-state index in [0.29, 0.717) is 11.8 Å². The summed E-state index contributed by atoms with van der Waals surface area (Å²) in [5, 5.41) is 4.10. The Hall–Kier alpha value is -1.69. The average molecular weight is 303 g/mol. The summed E-state index contributed by atoms with van der Waals surface area (Å²) in [5.74, 6) is 3.46. The van der Waals surface area contributed by atoms with Crippen LogP contribution in [-0.4, -0.2) is 44.2 Å². The Bertz CT molecular complexity index is 603. The molecule has 1 aliphatic rings. The molecule has 120 valence electrons. The average Bonchev–Trinajstić information content (AvgIpc) is 3.14. The molecule has 0 aliphatic carbocycles. The first-order valence-electron chi connectivity index (χ1n) is 8.15. The second-order valence-electron chi connectivity index (χ2n) is 6.49. The van der Waals surface area contributed by atoms with Gasteiger partial charge in [0.05, 0.1) is 5.92 Å². The molecule has 22 heavy (non-hydrogen) atoms. The van der Waals surface area contributed by atoms with Gasteiger partial charge in [0.1, 0.15) is 5.82 Å². The highest BCUT2D eigenvalue weighted by Crippen LogP contribution is 2.26. The van der Waals surface area contributed by atoms with E-state index in [-0.39, 0.29) is 0 Å². The quantitative estimate of drug-likeness (QED) is 0.848. The zero-order valence-corrected chi connectivity index (χ0v) is 13.7. The first-order chi connectivity index (χ1) is 10.6. The van der Waals surface area contributed by atoms with Crippen LogP contribution in [0.15, 0.2) is 16.9 Å². The second-order valence-corrected chi connectivity index (χ2v) is 6.49. The third-order valence-electron chi connectivity index (χ3n) is 4.40. The number of imidazole rings is 1. The van der Waals surface area contributed by atoms with E-state index in [9.17, 15) is 0 Å². The molecule has 1 unspecified atom stereocenters. The molecule has 3 rings (SSSR count). The van der Waals surface area contributed by atoms with E-state index in [1.54, 1.807) is 0 Å².